The second-order valence-corrected chi connectivity index (χ2v) is 18.2. The summed E-state index contributed by atoms with van der Waals surface area (Å²) in [6.45, 7) is 9.15. The Morgan fingerprint density at radius 1 is 1.04 bits per heavy atom. The lowest BCUT2D eigenvalue weighted by molar-refractivity contribution is -0.143. The van der Waals surface area contributed by atoms with Gasteiger partial charge in [-0.3, -0.25) is 24.1 Å². The monoisotopic (exact) mass is 769 g/mol. The predicted molar refractivity (Wildman–Crippen MR) is 198 cm³/mol. The van der Waals surface area contributed by atoms with Crippen molar-refractivity contribution in [3.63, 3.8) is 0 Å². The van der Waals surface area contributed by atoms with Crippen LogP contribution in [-0.2, 0) is 39.5 Å². The summed E-state index contributed by atoms with van der Waals surface area (Å²) in [6, 6.07) is 8.70. The highest BCUT2D eigenvalue weighted by atomic mass is 35.5. The van der Waals surface area contributed by atoms with Crippen molar-refractivity contribution >= 4 is 45.4 Å². The van der Waals surface area contributed by atoms with Crippen LogP contribution in [0.3, 0.4) is 0 Å². The molecule has 5 atom stereocenters. The number of halogens is 1. The van der Waals surface area contributed by atoms with E-state index in [1.54, 1.807) is 18.3 Å². The molecule has 1 aromatic heterocycles. The van der Waals surface area contributed by atoms with E-state index in [1.807, 2.05) is 45.0 Å². The second kappa shape index (κ2) is 14.7. The van der Waals surface area contributed by atoms with Gasteiger partial charge in [-0.1, -0.05) is 62.7 Å². The van der Waals surface area contributed by atoms with Crippen LogP contribution in [0.15, 0.2) is 55.3 Å². The lowest BCUT2D eigenvalue weighted by Gasteiger charge is -2.36. The van der Waals surface area contributed by atoms with Gasteiger partial charge in [-0.15, -0.1) is 6.58 Å². The average molecular weight is 770 g/mol. The number of benzene rings is 1. The topological polar surface area (TPSA) is 173 Å². The number of likely N-dealkylation sites (tertiary alicyclic amines) is 1. The number of carbonyl (C=O) groups is 4. The summed E-state index contributed by atoms with van der Waals surface area (Å²) < 4.78 is 39.5. The summed E-state index contributed by atoms with van der Waals surface area (Å²) in [7, 11) is -2.40. The molecule has 15 heteroatoms. The molecule has 0 radical (unpaired) electrons. The molecule has 1 aliphatic heterocycles. The van der Waals surface area contributed by atoms with Crippen molar-refractivity contribution < 1.29 is 37.1 Å². The molecule has 0 unspecified atom stereocenters. The van der Waals surface area contributed by atoms with Gasteiger partial charge in [0.1, 0.15) is 29.3 Å². The van der Waals surface area contributed by atoms with Crippen LogP contribution in [0.5, 0.6) is 0 Å². The van der Waals surface area contributed by atoms with Crippen LogP contribution in [0.25, 0.3) is 11.3 Å². The molecule has 3 saturated carbocycles. The first-order valence-electron chi connectivity index (χ1n) is 18.1. The van der Waals surface area contributed by atoms with Crippen molar-refractivity contribution in [3.8, 4) is 11.3 Å². The molecule has 3 aliphatic carbocycles. The lowest BCUT2D eigenvalue weighted by Crippen LogP contribution is -2.60. The molecule has 4 fully saturated rings. The first-order chi connectivity index (χ1) is 25.0. The number of pyridine rings is 1. The van der Waals surface area contributed by atoms with Crippen LogP contribution in [0.4, 0.5) is 4.79 Å². The van der Waals surface area contributed by atoms with Crippen molar-refractivity contribution in [2.24, 2.45) is 11.3 Å². The number of aromatic nitrogens is 1. The molecule has 4 amide bonds. The van der Waals surface area contributed by atoms with Gasteiger partial charge in [0.05, 0.1) is 22.5 Å². The fourth-order valence-electron chi connectivity index (χ4n) is 7.45. The van der Waals surface area contributed by atoms with Gasteiger partial charge in [0.25, 0.3) is 5.91 Å². The standard InChI is InChI=1S/C38H48ClN5O8S/c1-6-24-19-38(24,34(47)43-53(49,50)28-16-17-28)42-32(45)30-20-37(51-5,25-13-11-23(12-14-25)29-18-15-26(39)21-40-29)22-44(30)33(46)31(36(2,3)4)41-35(48)52-27-9-7-8-10-27/h6,11-15,18,21,24,27-28,30-31H,1,7-10,16-17,19-20,22H2,2-5H3,(H,41,48)(H,42,45)(H,43,47)/t24-,30+,31-,37+,38-/m1/s1. The number of nitrogens with one attached hydrogen (secondary N) is 3. The van der Waals surface area contributed by atoms with Crippen molar-refractivity contribution in [2.45, 2.75) is 107 Å². The number of nitrogens with zero attached hydrogens (tertiary/aromatic N) is 2. The van der Waals surface area contributed by atoms with Crippen molar-refractivity contribution in [3.05, 3.63) is 65.8 Å². The fourth-order valence-corrected chi connectivity index (χ4v) is 8.92. The highest BCUT2D eigenvalue weighted by Gasteiger charge is 2.62. The van der Waals surface area contributed by atoms with E-state index in [0.29, 0.717) is 29.1 Å². The van der Waals surface area contributed by atoms with Crippen LogP contribution < -0.4 is 15.4 Å². The van der Waals surface area contributed by atoms with Gasteiger partial charge in [-0.2, -0.15) is 0 Å². The largest absolute Gasteiger partial charge is 0.446 e. The SMILES string of the molecule is C=C[C@@H]1C[C@]1(NC(=O)[C@@H]1C[C@@](OC)(c2ccc(-c3ccc(Cl)cn3)cc2)CN1C(=O)[C@@H](NC(=O)OC1CCCC1)C(C)(C)C)C(=O)NS(=O)(=O)C1CC1. The highest BCUT2D eigenvalue weighted by Crippen LogP contribution is 2.47. The van der Waals surface area contributed by atoms with Crippen LogP contribution >= 0.6 is 11.6 Å². The quantitative estimate of drug-likeness (QED) is 0.261. The molecular formula is C38H48ClN5O8S. The number of amides is 4. The molecule has 0 bridgehead atoms. The van der Waals surface area contributed by atoms with Gasteiger partial charge < -0.3 is 25.0 Å². The van der Waals surface area contributed by atoms with Gasteiger partial charge in [-0.05, 0) is 68.1 Å². The minimum Gasteiger partial charge on any atom is -0.446 e. The Labute approximate surface area is 315 Å². The zero-order valence-electron chi connectivity index (χ0n) is 30.5. The Morgan fingerprint density at radius 3 is 2.26 bits per heavy atom. The molecule has 2 aromatic rings. The minimum atomic E-state index is -3.91. The van der Waals surface area contributed by atoms with E-state index in [4.69, 9.17) is 21.1 Å². The number of ether oxygens (including phenoxy) is 2. The van der Waals surface area contributed by atoms with E-state index in [2.05, 4.69) is 26.9 Å². The van der Waals surface area contributed by atoms with E-state index < -0.39 is 73.6 Å². The number of sulfonamides is 1. The summed E-state index contributed by atoms with van der Waals surface area (Å²) in [6.07, 6.45) is 6.59. The molecule has 6 rings (SSSR count). The van der Waals surface area contributed by atoms with E-state index in [-0.39, 0.29) is 25.5 Å². The number of hydrogen-bond acceptors (Lipinski definition) is 9. The van der Waals surface area contributed by atoms with Crippen molar-refractivity contribution in [2.75, 3.05) is 13.7 Å². The Balaban J connectivity index is 1.31. The maximum Gasteiger partial charge on any atom is 0.408 e. The Hall–Kier alpha value is -4.01. The fraction of sp³-hybridized carbons (Fsp3) is 0.553. The number of hydrogen-bond donors (Lipinski definition) is 3. The van der Waals surface area contributed by atoms with Crippen LogP contribution in [0.2, 0.25) is 5.02 Å². The van der Waals surface area contributed by atoms with Crippen molar-refractivity contribution in [1.29, 1.82) is 0 Å². The Kier molecular flexibility index (Phi) is 10.7. The number of carbonyl (C=O) groups excluding carboxylic acids is 4. The van der Waals surface area contributed by atoms with Crippen LogP contribution in [-0.4, -0.2) is 84.7 Å². The van der Waals surface area contributed by atoms with Crippen LogP contribution in [0.1, 0.15) is 77.7 Å². The molecule has 13 nitrogen and oxygen atoms in total. The zero-order valence-corrected chi connectivity index (χ0v) is 32.1. The summed E-state index contributed by atoms with van der Waals surface area (Å²) in [5.74, 6) is -2.56. The van der Waals surface area contributed by atoms with E-state index >= 15 is 0 Å². The molecule has 286 valence electrons. The maximum atomic E-state index is 14.7. The Bertz CT molecular complexity index is 1860. The van der Waals surface area contributed by atoms with Gasteiger partial charge >= 0.3 is 6.09 Å². The van der Waals surface area contributed by atoms with Crippen LogP contribution in [0, 0.1) is 11.3 Å². The van der Waals surface area contributed by atoms with Gasteiger partial charge in [0.2, 0.25) is 21.8 Å². The molecule has 1 aromatic carbocycles. The third-order valence-corrected chi connectivity index (χ3v) is 13.0. The number of rotatable bonds is 12. The number of alkyl carbamates (subject to hydrolysis) is 1. The maximum absolute atomic E-state index is 14.7. The third kappa shape index (κ3) is 8.09. The summed E-state index contributed by atoms with van der Waals surface area (Å²) >= 11 is 6.03. The lowest BCUT2D eigenvalue weighted by atomic mass is 9.85. The smallest absolute Gasteiger partial charge is 0.408 e. The zero-order chi connectivity index (χ0) is 38.3. The first-order valence-corrected chi connectivity index (χ1v) is 20.0. The Morgan fingerprint density at radius 2 is 1.72 bits per heavy atom. The molecule has 1 saturated heterocycles. The van der Waals surface area contributed by atoms with Gasteiger partial charge in [0, 0.05) is 31.2 Å². The molecule has 53 heavy (non-hydrogen) atoms. The molecular weight excluding hydrogens is 722 g/mol. The van der Waals surface area contributed by atoms with Gasteiger partial charge in [0.15, 0.2) is 0 Å². The van der Waals surface area contributed by atoms with E-state index in [0.717, 1.165) is 31.2 Å². The summed E-state index contributed by atoms with van der Waals surface area (Å²) in [5, 5.41) is 5.47. The normalized spacial score (nSPS) is 26.4. The van der Waals surface area contributed by atoms with E-state index in [9.17, 15) is 27.6 Å². The average Bonchev–Trinajstić information content (AvgIpc) is 4.00. The third-order valence-electron chi connectivity index (χ3n) is 10.9. The predicted octanol–water partition coefficient (Wildman–Crippen LogP) is 4.60. The minimum absolute atomic E-state index is 0.000173. The number of methoxy groups -OCH3 is 1. The summed E-state index contributed by atoms with van der Waals surface area (Å²) in [4.78, 5) is 61.7. The van der Waals surface area contributed by atoms with Gasteiger partial charge in [-0.25, -0.2) is 13.2 Å². The molecule has 0 spiro atoms. The molecule has 2 heterocycles. The van der Waals surface area contributed by atoms with Crippen molar-refractivity contribution in [1.82, 2.24) is 25.2 Å². The second-order valence-electron chi connectivity index (χ2n) is 15.8. The summed E-state index contributed by atoms with van der Waals surface area (Å²) in [5.41, 5.74) is -1.35. The van der Waals surface area contributed by atoms with E-state index in [1.165, 1.54) is 18.1 Å². The first kappa shape index (κ1) is 38.7. The highest BCUT2D eigenvalue weighted by molar-refractivity contribution is 7.91. The molecule has 4 aliphatic rings. The molecule has 3 N–H and O–H groups in total.